The fraction of sp³-hybridized carbons (Fsp3) is 0.800. The van der Waals surface area contributed by atoms with Gasteiger partial charge in [0.15, 0.2) is 0 Å². The van der Waals surface area contributed by atoms with E-state index in [2.05, 4.69) is 13.2 Å². The van der Waals surface area contributed by atoms with Gasteiger partial charge < -0.3 is 39.4 Å². The van der Waals surface area contributed by atoms with Crippen molar-refractivity contribution in [1.29, 1.82) is 0 Å². The van der Waals surface area contributed by atoms with E-state index >= 15 is 0 Å². The first-order valence-electron chi connectivity index (χ1n) is 14.6. The minimum Gasteiger partial charge on any atom is -0.460 e. The van der Waals surface area contributed by atoms with Gasteiger partial charge >= 0.3 is 11.9 Å². The molecule has 1 fully saturated rings. The maximum Gasteiger partial charge on any atom is 0.333 e. The van der Waals surface area contributed by atoms with Crippen LogP contribution in [0.1, 0.15) is 39.5 Å². The van der Waals surface area contributed by atoms with Crippen LogP contribution in [0.4, 0.5) is 0 Å². The predicted molar refractivity (Wildman–Crippen MR) is 158 cm³/mol. The first-order valence-corrected chi connectivity index (χ1v) is 14.6. The lowest BCUT2D eigenvalue weighted by Crippen LogP contribution is -2.45. The van der Waals surface area contributed by atoms with Crippen LogP contribution in [0, 0.1) is 11.8 Å². The van der Waals surface area contributed by atoms with Gasteiger partial charge in [-0.15, -0.1) is 0 Å². The minimum absolute atomic E-state index is 0.160. The number of carbonyl (C=O) groups excluding carboxylic acids is 2. The molecule has 12 nitrogen and oxygen atoms in total. The van der Waals surface area contributed by atoms with Gasteiger partial charge in [0.05, 0.1) is 25.4 Å². The van der Waals surface area contributed by atoms with Crippen LogP contribution in [0.5, 0.6) is 0 Å². The number of aliphatic hydroxyl groups excluding tert-OH is 4. The minimum atomic E-state index is -0.930. The monoisotopic (exact) mass is 602 g/mol. The van der Waals surface area contributed by atoms with Gasteiger partial charge in [-0.25, -0.2) is 9.59 Å². The molecular weight excluding hydrogens is 548 g/mol. The molecule has 0 amide bonds. The van der Waals surface area contributed by atoms with Gasteiger partial charge in [0, 0.05) is 64.6 Å². The van der Waals surface area contributed by atoms with E-state index in [4.69, 9.17) is 18.9 Å². The molecule has 0 aromatic heterocycles. The van der Waals surface area contributed by atoms with Crippen molar-refractivity contribution in [2.75, 3.05) is 79.9 Å². The standard InChI is InChI=1S/C30H54N2O10/c1-21(2)29(37)41-19-27(35)15-31(13-25(33)17-39-5)11-23-8-7-9-24(10-23)12-32(14-26(34)18-40-6)16-28(36)20-42-30(38)22(3)4/h23-28,33-36H,1,3,7-20H2,2,4-6H3. The largest absolute Gasteiger partial charge is 0.460 e. The molecule has 1 saturated carbocycles. The Labute approximate surface area is 250 Å². The van der Waals surface area contributed by atoms with E-state index in [1.807, 2.05) is 9.80 Å². The van der Waals surface area contributed by atoms with E-state index in [0.717, 1.165) is 25.7 Å². The fourth-order valence-electron chi connectivity index (χ4n) is 5.29. The molecular formula is C30H54N2O10. The molecule has 0 aromatic carbocycles. The van der Waals surface area contributed by atoms with Crippen LogP contribution in [0.2, 0.25) is 0 Å². The van der Waals surface area contributed by atoms with Crippen LogP contribution >= 0.6 is 0 Å². The second-order valence-electron chi connectivity index (χ2n) is 11.6. The summed E-state index contributed by atoms with van der Waals surface area (Å²) in [7, 11) is 3.03. The highest BCUT2D eigenvalue weighted by molar-refractivity contribution is 5.87. The molecule has 0 aromatic rings. The summed E-state index contributed by atoms with van der Waals surface area (Å²) in [6, 6.07) is 0. The Bertz CT molecular complexity index is 762. The Balaban J connectivity index is 2.83. The van der Waals surface area contributed by atoms with Gasteiger partial charge in [0.1, 0.15) is 25.4 Å². The third kappa shape index (κ3) is 16.7. The Kier molecular flexibility index (Phi) is 19.0. The Morgan fingerprint density at radius 3 is 1.33 bits per heavy atom. The lowest BCUT2D eigenvalue weighted by molar-refractivity contribution is -0.143. The maximum absolute atomic E-state index is 11.7. The van der Waals surface area contributed by atoms with Crippen molar-refractivity contribution in [2.24, 2.45) is 11.8 Å². The van der Waals surface area contributed by atoms with E-state index in [0.29, 0.717) is 26.2 Å². The van der Waals surface area contributed by atoms with Gasteiger partial charge in [-0.05, 0) is 44.9 Å². The molecule has 244 valence electrons. The highest BCUT2D eigenvalue weighted by atomic mass is 16.5. The number of rotatable bonds is 22. The van der Waals surface area contributed by atoms with E-state index in [1.165, 1.54) is 14.2 Å². The summed E-state index contributed by atoms with van der Waals surface area (Å²) in [5.74, 6) is -0.546. The van der Waals surface area contributed by atoms with Crippen LogP contribution in [0.15, 0.2) is 24.3 Å². The summed E-state index contributed by atoms with van der Waals surface area (Å²) >= 11 is 0. The average molecular weight is 603 g/mol. The van der Waals surface area contributed by atoms with E-state index in [9.17, 15) is 30.0 Å². The lowest BCUT2D eigenvalue weighted by Gasteiger charge is -2.37. The second-order valence-corrected chi connectivity index (χ2v) is 11.6. The topological polar surface area (TPSA) is 158 Å². The number of hydrogen-bond acceptors (Lipinski definition) is 12. The van der Waals surface area contributed by atoms with Crippen molar-refractivity contribution in [1.82, 2.24) is 9.80 Å². The molecule has 0 heterocycles. The van der Waals surface area contributed by atoms with E-state index in [-0.39, 0.29) is 62.5 Å². The van der Waals surface area contributed by atoms with Crippen molar-refractivity contribution in [3.8, 4) is 0 Å². The van der Waals surface area contributed by atoms with E-state index in [1.54, 1.807) is 13.8 Å². The number of ether oxygens (including phenoxy) is 4. The number of carbonyl (C=O) groups is 2. The first-order chi connectivity index (χ1) is 19.8. The van der Waals surface area contributed by atoms with Gasteiger partial charge in [-0.2, -0.15) is 0 Å². The molecule has 1 aliphatic carbocycles. The summed E-state index contributed by atoms with van der Waals surface area (Å²) in [6.45, 7) is 12.5. The van der Waals surface area contributed by atoms with Gasteiger partial charge in [-0.1, -0.05) is 19.6 Å². The smallest absolute Gasteiger partial charge is 0.333 e. The van der Waals surface area contributed by atoms with Crippen LogP contribution in [-0.4, -0.2) is 146 Å². The van der Waals surface area contributed by atoms with Crippen molar-refractivity contribution >= 4 is 11.9 Å². The highest BCUT2D eigenvalue weighted by Gasteiger charge is 2.28. The van der Waals surface area contributed by atoms with Gasteiger partial charge in [0.2, 0.25) is 0 Å². The van der Waals surface area contributed by atoms with Crippen molar-refractivity contribution in [3.05, 3.63) is 24.3 Å². The number of methoxy groups -OCH3 is 2. The normalized spacial score (nSPS) is 20.1. The summed E-state index contributed by atoms with van der Waals surface area (Å²) < 4.78 is 20.4. The predicted octanol–water partition coefficient (Wildman–Crippen LogP) is 0.372. The van der Waals surface area contributed by atoms with Gasteiger partial charge in [0.25, 0.3) is 0 Å². The van der Waals surface area contributed by atoms with Crippen LogP contribution in [0.3, 0.4) is 0 Å². The molecule has 6 unspecified atom stereocenters. The number of esters is 2. The summed E-state index contributed by atoms with van der Waals surface area (Å²) in [6.07, 6.45) is 0.516. The highest BCUT2D eigenvalue weighted by Crippen LogP contribution is 2.30. The number of aliphatic hydroxyl groups is 4. The molecule has 0 bridgehead atoms. The Hall–Kier alpha value is -1.90. The molecule has 6 atom stereocenters. The van der Waals surface area contributed by atoms with Crippen molar-refractivity contribution in [3.63, 3.8) is 0 Å². The van der Waals surface area contributed by atoms with Crippen LogP contribution in [-0.2, 0) is 28.5 Å². The van der Waals surface area contributed by atoms with Crippen LogP contribution < -0.4 is 0 Å². The summed E-state index contributed by atoms with van der Waals surface area (Å²) in [5.41, 5.74) is 0.513. The molecule has 0 saturated heterocycles. The molecule has 42 heavy (non-hydrogen) atoms. The summed E-state index contributed by atoms with van der Waals surface area (Å²) in [5, 5.41) is 41.9. The lowest BCUT2D eigenvalue weighted by atomic mass is 9.80. The van der Waals surface area contributed by atoms with Gasteiger partial charge in [-0.3, -0.25) is 9.80 Å². The molecule has 0 spiro atoms. The molecule has 1 rings (SSSR count). The maximum atomic E-state index is 11.7. The van der Waals surface area contributed by atoms with Crippen molar-refractivity contribution < 1.29 is 49.0 Å². The molecule has 12 heteroatoms. The zero-order chi connectivity index (χ0) is 31.7. The SMILES string of the molecule is C=C(C)C(=O)OCC(O)CN(CC(O)COC)CC1CCCC(CN(CC(O)COC)CC(O)COC(=O)C(=C)C)C1. The Morgan fingerprint density at radius 1 is 0.690 bits per heavy atom. The zero-order valence-electron chi connectivity index (χ0n) is 25.9. The molecule has 0 aliphatic heterocycles. The van der Waals surface area contributed by atoms with Crippen molar-refractivity contribution in [2.45, 2.75) is 63.9 Å². The van der Waals surface area contributed by atoms with E-state index < -0.39 is 36.4 Å². The zero-order valence-corrected chi connectivity index (χ0v) is 25.9. The number of hydrogen-bond donors (Lipinski definition) is 4. The Morgan fingerprint density at radius 2 is 1.02 bits per heavy atom. The van der Waals surface area contributed by atoms with Crippen LogP contribution in [0.25, 0.3) is 0 Å². The second kappa shape index (κ2) is 20.9. The third-order valence-corrected chi connectivity index (χ3v) is 7.03. The summed E-state index contributed by atoms with van der Waals surface area (Å²) in [4.78, 5) is 27.4. The molecule has 1 aliphatic rings. The quantitative estimate of drug-likeness (QED) is 0.0998. The number of nitrogens with zero attached hydrogens (tertiary/aromatic N) is 2. The molecule has 0 radical (unpaired) electrons. The fourth-order valence-corrected chi connectivity index (χ4v) is 5.29. The first kappa shape index (κ1) is 38.1. The third-order valence-electron chi connectivity index (χ3n) is 7.03. The average Bonchev–Trinajstić information content (AvgIpc) is 2.90. The molecule has 4 N–H and O–H groups in total.